The molecule has 3 aliphatic rings. The summed E-state index contributed by atoms with van der Waals surface area (Å²) in [5.41, 5.74) is 2.22. The highest BCUT2D eigenvalue weighted by Crippen LogP contribution is 2.60. The van der Waals surface area contributed by atoms with Crippen molar-refractivity contribution >= 4 is 0 Å². The Labute approximate surface area is 128 Å². The number of nitrogens with zero attached hydrogens (tertiary/aromatic N) is 1. The van der Waals surface area contributed by atoms with Gasteiger partial charge in [-0.3, -0.25) is 0 Å². The minimum Gasteiger partial charge on any atom is -0.312 e. The molecule has 0 spiro atoms. The van der Waals surface area contributed by atoms with Crippen LogP contribution in [-0.4, -0.2) is 37.1 Å². The Kier molecular flexibility index (Phi) is 3.76. The molecule has 3 fully saturated rings. The van der Waals surface area contributed by atoms with E-state index < -0.39 is 0 Å². The zero-order valence-corrected chi connectivity index (χ0v) is 13.1. The van der Waals surface area contributed by atoms with Crippen LogP contribution in [-0.2, 0) is 6.42 Å². The molecular formula is C19H28N2. The van der Waals surface area contributed by atoms with E-state index in [2.05, 4.69) is 40.5 Å². The van der Waals surface area contributed by atoms with Crippen molar-refractivity contribution in [3.05, 3.63) is 35.9 Å². The molecule has 4 rings (SSSR count). The summed E-state index contributed by atoms with van der Waals surface area (Å²) < 4.78 is 0. The second kappa shape index (κ2) is 5.73. The van der Waals surface area contributed by atoms with Crippen molar-refractivity contribution in [1.82, 2.24) is 10.2 Å². The Morgan fingerprint density at radius 1 is 1.10 bits per heavy atom. The molecule has 1 saturated heterocycles. The Hall–Kier alpha value is -0.860. The summed E-state index contributed by atoms with van der Waals surface area (Å²) in [7, 11) is 0. The molecule has 0 aromatic heterocycles. The molecule has 1 heterocycles. The van der Waals surface area contributed by atoms with Gasteiger partial charge in [-0.15, -0.1) is 0 Å². The third kappa shape index (κ3) is 3.32. The van der Waals surface area contributed by atoms with Gasteiger partial charge in [-0.25, -0.2) is 0 Å². The number of nitrogens with one attached hydrogen (secondary N) is 1. The van der Waals surface area contributed by atoms with Crippen molar-refractivity contribution in [3.8, 4) is 0 Å². The molecule has 2 nitrogen and oxygen atoms in total. The number of hydrogen-bond acceptors (Lipinski definition) is 2. The van der Waals surface area contributed by atoms with Gasteiger partial charge in [-0.1, -0.05) is 30.3 Å². The van der Waals surface area contributed by atoms with E-state index in [1.165, 1.54) is 70.3 Å². The first-order chi connectivity index (χ1) is 10.3. The van der Waals surface area contributed by atoms with Crippen molar-refractivity contribution in [2.45, 2.75) is 44.6 Å². The van der Waals surface area contributed by atoms with Crippen LogP contribution in [0.3, 0.4) is 0 Å². The molecule has 1 aromatic rings. The summed E-state index contributed by atoms with van der Waals surface area (Å²) in [6, 6.07) is 11.6. The van der Waals surface area contributed by atoms with Crippen LogP contribution in [0.5, 0.6) is 0 Å². The minimum atomic E-state index is 0.747. The van der Waals surface area contributed by atoms with Gasteiger partial charge in [0.05, 0.1) is 0 Å². The number of likely N-dealkylation sites (tertiary alicyclic amines) is 1. The summed E-state index contributed by atoms with van der Waals surface area (Å²) in [6.45, 7) is 5.05. The maximum Gasteiger partial charge on any atom is 0.0207 e. The normalized spacial score (nSPS) is 27.9. The average molecular weight is 284 g/mol. The quantitative estimate of drug-likeness (QED) is 0.828. The third-order valence-corrected chi connectivity index (χ3v) is 5.91. The first-order valence-corrected chi connectivity index (χ1v) is 8.84. The zero-order valence-electron chi connectivity index (χ0n) is 13.1. The molecule has 2 aliphatic carbocycles. The number of benzene rings is 1. The standard InChI is InChI=1S/C19H28N2/c1-2-4-16(5-3-1)8-12-21-13-9-18(14-21)20-15-19(10-11-19)17-6-7-17/h1-5,17-18,20H,6-15H2. The Balaban J connectivity index is 1.18. The van der Waals surface area contributed by atoms with E-state index in [-0.39, 0.29) is 0 Å². The molecule has 1 aliphatic heterocycles. The maximum absolute atomic E-state index is 3.89. The predicted octanol–water partition coefficient (Wildman–Crippen LogP) is 3.08. The highest BCUT2D eigenvalue weighted by molar-refractivity contribution is 5.15. The molecule has 2 heteroatoms. The van der Waals surface area contributed by atoms with Gasteiger partial charge in [-0.2, -0.15) is 0 Å². The van der Waals surface area contributed by atoms with Crippen molar-refractivity contribution < 1.29 is 0 Å². The van der Waals surface area contributed by atoms with E-state index in [4.69, 9.17) is 0 Å². The Morgan fingerprint density at radius 2 is 1.90 bits per heavy atom. The predicted molar refractivity (Wildman–Crippen MR) is 87.4 cm³/mol. The molecule has 0 radical (unpaired) electrons. The van der Waals surface area contributed by atoms with Crippen LogP contribution in [0.4, 0.5) is 0 Å². The fraction of sp³-hybridized carbons (Fsp3) is 0.684. The van der Waals surface area contributed by atoms with Crippen LogP contribution in [0.1, 0.15) is 37.7 Å². The smallest absolute Gasteiger partial charge is 0.0207 e. The highest BCUT2D eigenvalue weighted by atomic mass is 15.2. The van der Waals surface area contributed by atoms with Gasteiger partial charge in [0.15, 0.2) is 0 Å². The first kappa shape index (κ1) is 13.8. The van der Waals surface area contributed by atoms with Gasteiger partial charge >= 0.3 is 0 Å². The van der Waals surface area contributed by atoms with E-state index in [0.717, 1.165) is 17.4 Å². The van der Waals surface area contributed by atoms with Crippen molar-refractivity contribution in [1.29, 1.82) is 0 Å². The Bertz CT molecular complexity index is 462. The molecule has 114 valence electrons. The molecule has 0 amide bonds. The summed E-state index contributed by atoms with van der Waals surface area (Å²) in [6.07, 6.45) is 8.55. The SMILES string of the molecule is c1ccc(CCN2CCC(NCC3(C4CC4)CC3)C2)cc1. The molecule has 1 N–H and O–H groups in total. The lowest BCUT2D eigenvalue weighted by Gasteiger charge is -2.20. The summed E-state index contributed by atoms with van der Waals surface area (Å²) in [4.78, 5) is 2.64. The molecular weight excluding hydrogens is 256 g/mol. The van der Waals surface area contributed by atoms with Crippen LogP contribution in [0.15, 0.2) is 30.3 Å². The lowest BCUT2D eigenvalue weighted by Crippen LogP contribution is -2.37. The fourth-order valence-corrected chi connectivity index (χ4v) is 4.07. The second-order valence-electron chi connectivity index (χ2n) is 7.54. The van der Waals surface area contributed by atoms with Crippen LogP contribution >= 0.6 is 0 Å². The summed E-state index contributed by atoms with van der Waals surface area (Å²) >= 11 is 0. The zero-order chi connectivity index (χ0) is 14.1. The molecule has 1 unspecified atom stereocenters. The lowest BCUT2D eigenvalue weighted by atomic mass is 10.0. The fourth-order valence-electron chi connectivity index (χ4n) is 4.07. The molecule has 1 atom stereocenters. The van der Waals surface area contributed by atoms with Crippen LogP contribution in [0, 0.1) is 11.3 Å². The average Bonchev–Trinajstić information content (AvgIpc) is 3.43. The van der Waals surface area contributed by atoms with Gasteiger partial charge in [-0.05, 0) is 62.0 Å². The highest BCUT2D eigenvalue weighted by Gasteiger charge is 2.53. The topological polar surface area (TPSA) is 15.3 Å². The molecule has 1 aromatic carbocycles. The van der Waals surface area contributed by atoms with Gasteiger partial charge in [0.1, 0.15) is 0 Å². The minimum absolute atomic E-state index is 0.747. The molecule has 0 bridgehead atoms. The number of rotatable bonds is 7. The van der Waals surface area contributed by atoms with Crippen molar-refractivity contribution in [2.24, 2.45) is 11.3 Å². The van der Waals surface area contributed by atoms with E-state index >= 15 is 0 Å². The van der Waals surface area contributed by atoms with Crippen LogP contribution < -0.4 is 5.32 Å². The van der Waals surface area contributed by atoms with E-state index in [0.29, 0.717) is 0 Å². The Morgan fingerprint density at radius 3 is 2.62 bits per heavy atom. The van der Waals surface area contributed by atoms with Crippen LogP contribution in [0.25, 0.3) is 0 Å². The van der Waals surface area contributed by atoms with Gasteiger partial charge < -0.3 is 10.2 Å². The number of hydrogen-bond donors (Lipinski definition) is 1. The molecule has 21 heavy (non-hydrogen) atoms. The third-order valence-electron chi connectivity index (χ3n) is 5.91. The second-order valence-corrected chi connectivity index (χ2v) is 7.54. The van der Waals surface area contributed by atoms with Gasteiger partial charge in [0.2, 0.25) is 0 Å². The van der Waals surface area contributed by atoms with E-state index in [9.17, 15) is 0 Å². The van der Waals surface area contributed by atoms with E-state index in [1.54, 1.807) is 0 Å². The maximum atomic E-state index is 3.89. The lowest BCUT2D eigenvalue weighted by molar-refractivity contribution is 0.320. The first-order valence-electron chi connectivity index (χ1n) is 8.84. The summed E-state index contributed by atoms with van der Waals surface area (Å²) in [5.74, 6) is 1.08. The van der Waals surface area contributed by atoms with Crippen LogP contribution in [0.2, 0.25) is 0 Å². The largest absolute Gasteiger partial charge is 0.312 e. The van der Waals surface area contributed by atoms with Gasteiger partial charge in [0, 0.05) is 25.7 Å². The van der Waals surface area contributed by atoms with E-state index in [1.807, 2.05) is 0 Å². The van der Waals surface area contributed by atoms with Crippen molar-refractivity contribution in [2.75, 3.05) is 26.2 Å². The summed E-state index contributed by atoms with van der Waals surface area (Å²) in [5, 5.41) is 3.89. The van der Waals surface area contributed by atoms with Crippen molar-refractivity contribution in [3.63, 3.8) is 0 Å². The molecule has 2 saturated carbocycles. The van der Waals surface area contributed by atoms with Gasteiger partial charge in [0.25, 0.3) is 0 Å². The monoisotopic (exact) mass is 284 g/mol.